The van der Waals surface area contributed by atoms with E-state index in [1.165, 1.54) is 25.3 Å². The molecule has 0 radical (unpaired) electrons. The van der Waals surface area contributed by atoms with E-state index in [9.17, 15) is 4.39 Å². The van der Waals surface area contributed by atoms with Gasteiger partial charge in [-0.1, -0.05) is 69.0 Å². The van der Waals surface area contributed by atoms with Crippen molar-refractivity contribution < 1.29 is 4.39 Å². The van der Waals surface area contributed by atoms with Gasteiger partial charge >= 0.3 is 0 Å². The first-order chi connectivity index (χ1) is 14.3. The summed E-state index contributed by atoms with van der Waals surface area (Å²) in [5.41, 5.74) is 5.11. The molecule has 0 spiro atoms. The Labute approximate surface area is 186 Å². The molecule has 1 aliphatic heterocycles. The van der Waals surface area contributed by atoms with Crippen molar-refractivity contribution in [2.24, 2.45) is 0 Å². The minimum Gasteiger partial charge on any atom is -0.379 e. The lowest BCUT2D eigenvalue weighted by Crippen LogP contribution is -2.27. The maximum Gasteiger partial charge on any atom is 0.123 e. The minimum absolute atomic E-state index is 0.00186. The lowest BCUT2D eigenvalue weighted by atomic mass is 9.99. The van der Waals surface area contributed by atoms with Gasteiger partial charge in [0.2, 0.25) is 0 Å². The van der Waals surface area contributed by atoms with Gasteiger partial charge < -0.3 is 10.6 Å². The lowest BCUT2D eigenvalue weighted by molar-refractivity contribution is 0.602. The minimum atomic E-state index is -0.214. The van der Waals surface area contributed by atoms with Crippen LogP contribution in [0.15, 0.2) is 66.0 Å². The van der Waals surface area contributed by atoms with Gasteiger partial charge in [0.05, 0.1) is 6.04 Å². The number of hydrogen-bond acceptors (Lipinski definition) is 2. The molecule has 1 aliphatic rings. The summed E-state index contributed by atoms with van der Waals surface area (Å²) in [5.74, 6) is -0.214. The third-order valence-electron chi connectivity index (χ3n) is 5.14. The summed E-state index contributed by atoms with van der Waals surface area (Å²) in [7, 11) is 0. The summed E-state index contributed by atoms with van der Waals surface area (Å²) >= 11 is 6.34. The molecule has 2 unspecified atom stereocenters. The van der Waals surface area contributed by atoms with Crippen LogP contribution in [-0.2, 0) is 0 Å². The zero-order valence-corrected chi connectivity index (χ0v) is 19.5. The maximum absolute atomic E-state index is 13.6. The molecule has 2 N–H and O–H groups in total. The highest BCUT2D eigenvalue weighted by atomic mass is 35.5. The van der Waals surface area contributed by atoms with E-state index in [1.807, 2.05) is 51.1 Å². The Morgan fingerprint density at radius 3 is 2.43 bits per heavy atom. The van der Waals surface area contributed by atoms with Crippen LogP contribution >= 0.6 is 11.6 Å². The Balaban J connectivity index is 0.000000575. The summed E-state index contributed by atoms with van der Waals surface area (Å²) in [4.78, 5) is 0. The first-order valence-corrected chi connectivity index (χ1v) is 11.2. The quantitative estimate of drug-likeness (QED) is 0.491. The van der Waals surface area contributed by atoms with Crippen LogP contribution in [0.25, 0.3) is 0 Å². The van der Waals surface area contributed by atoms with E-state index in [0.29, 0.717) is 0 Å². The second kappa shape index (κ2) is 11.8. The average Bonchev–Trinajstić information content (AvgIpc) is 2.70. The number of nitrogens with one attached hydrogen (secondary N) is 2. The van der Waals surface area contributed by atoms with Crippen molar-refractivity contribution in [3.63, 3.8) is 0 Å². The molecule has 2 nitrogen and oxygen atoms in total. The fourth-order valence-corrected chi connectivity index (χ4v) is 3.79. The molecule has 0 amide bonds. The van der Waals surface area contributed by atoms with Gasteiger partial charge in [-0.05, 0) is 67.8 Å². The summed E-state index contributed by atoms with van der Waals surface area (Å²) in [5, 5.41) is 7.66. The Bertz CT molecular complexity index is 886. The number of unbranched alkanes of at least 4 members (excludes halogenated alkanes) is 2. The van der Waals surface area contributed by atoms with Crippen molar-refractivity contribution in [1.82, 2.24) is 10.6 Å². The van der Waals surface area contributed by atoms with Crippen LogP contribution in [0.2, 0.25) is 5.02 Å². The number of aryl methyl sites for hydroxylation is 1. The van der Waals surface area contributed by atoms with Gasteiger partial charge in [-0.15, -0.1) is 0 Å². The Hall–Kier alpha value is -2.26. The van der Waals surface area contributed by atoms with E-state index < -0.39 is 0 Å². The molecule has 3 rings (SSSR count). The normalized spacial score (nSPS) is 16.4. The van der Waals surface area contributed by atoms with Crippen LogP contribution in [0.3, 0.4) is 0 Å². The standard InChI is InChI=1S/C21H22ClFN2.C5H12/c1-13-8-9-16(23)11-19(13)15(3)25-17-10-14(2)24-21(12-17)18-6-4-5-7-20(18)22;1-3-5-4-2/h4-12,15,21,24-25H,1-3H3;3-5H2,1-2H3. The molecule has 0 saturated heterocycles. The van der Waals surface area contributed by atoms with Gasteiger partial charge in [0.1, 0.15) is 5.82 Å². The summed E-state index contributed by atoms with van der Waals surface area (Å²) in [6.45, 7) is 10.5. The van der Waals surface area contributed by atoms with Crippen LogP contribution in [0.5, 0.6) is 0 Å². The highest BCUT2D eigenvalue weighted by Gasteiger charge is 2.18. The fourth-order valence-electron chi connectivity index (χ4n) is 3.53. The molecule has 0 aliphatic carbocycles. The van der Waals surface area contributed by atoms with E-state index in [0.717, 1.165) is 33.1 Å². The second-order valence-corrected chi connectivity index (χ2v) is 8.22. The van der Waals surface area contributed by atoms with Crippen molar-refractivity contribution in [1.29, 1.82) is 0 Å². The third kappa shape index (κ3) is 6.91. The van der Waals surface area contributed by atoms with Crippen molar-refractivity contribution in [3.05, 3.63) is 93.5 Å². The molecular weight excluding hydrogens is 395 g/mol. The highest BCUT2D eigenvalue weighted by molar-refractivity contribution is 6.31. The molecule has 2 atom stereocenters. The van der Waals surface area contributed by atoms with E-state index in [-0.39, 0.29) is 17.9 Å². The summed E-state index contributed by atoms with van der Waals surface area (Å²) in [6, 6.07) is 12.7. The Morgan fingerprint density at radius 1 is 1.10 bits per heavy atom. The van der Waals surface area contributed by atoms with Gasteiger partial charge in [0, 0.05) is 22.5 Å². The zero-order valence-electron chi connectivity index (χ0n) is 18.7. The van der Waals surface area contributed by atoms with Crippen molar-refractivity contribution in [2.75, 3.05) is 0 Å². The van der Waals surface area contributed by atoms with Gasteiger partial charge in [0.15, 0.2) is 0 Å². The first kappa shape index (κ1) is 24.0. The molecule has 4 heteroatoms. The molecule has 0 bridgehead atoms. The predicted octanol–water partition coefficient (Wildman–Crippen LogP) is 7.77. The molecule has 2 aromatic rings. The van der Waals surface area contributed by atoms with E-state index in [4.69, 9.17) is 11.6 Å². The fraction of sp³-hybridized carbons (Fsp3) is 0.385. The van der Waals surface area contributed by atoms with Gasteiger partial charge in [0.25, 0.3) is 0 Å². The molecule has 162 valence electrons. The number of benzene rings is 2. The number of hydrogen-bond donors (Lipinski definition) is 2. The van der Waals surface area contributed by atoms with E-state index in [2.05, 4.69) is 36.6 Å². The molecule has 0 aromatic heterocycles. The lowest BCUT2D eigenvalue weighted by Gasteiger charge is -2.27. The predicted molar refractivity (Wildman–Crippen MR) is 127 cm³/mol. The van der Waals surface area contributed by atoms with Gasteiger partial charge in [-0.2, -0.15) is 0 Å². The Kier molecular flexibility index (Phi) is 9.45. The van der Waals surface area contributed by atoms with Crippen LogP contribution in [0.4, 0.5) is 4.39 Å². The third-order valence-corrected chi connectivity index (χ3v) is 5.48. The molecule has 30 heavy (non-hydrogen) atoms. The van der Waals surface area contributed by atoms with Gasteiger partial charge in [-0.25, -0.2) is 4.39 Å². The molecule has 0 fully saturated rings. The number of rotatable bonds is 6. The number of allylic oxidation sites excluding steroid dienone is 2. The van der Waals surface area contributed by atoms with Crippen LogP contribution in [-0.4, -0.2) is 0 Å². The first-order valence-electron chi connectivity index (χ1n) is 10.8. The van der Waals surface area contributed by atoms with Crippen molar-refractivity contribution in [2.45, 2.75) is 66.0 Å². The maximum atomic E-state index is 13.6. The molecular formula is C26H34ClFN2. The topological polar surface area (TPSA) is 24.1 Å². The van der Waals surface area contributed by atoms with Crippen molar-refractivity contribution in [3.8, 4) is 0 Å². The summed E-state index contributed by atoms with van der Waals surface area (Å²) < 4.78 is 13.6. The van der Waals surface area contributed by atoms with Gasteiger partial charge in [-0.3, -0.25) is 0 Å². The molecule has 0 saturated carbocycles. The number of halogens is 2. The van der Waals surface area contributed by atoms with Crippen molar-refractivity contribution >= 4 is 11.6 Å². The second-order valence-electron chi connectivity index (χ2n) is 7.81. The summed E-state index contributed by atoms with van der Waals surface area (Å²) in [6.07, 6.45) is 8.24. The smallest absolute Gasteiger partial charge is 0.123 e. The molecule has 1 heterocycles. The SMILES string of the molecule is CC1=CC(NC(C)c2cc(F)ccc2C)=CC(c2ccccc2Cl)N1.CCCCC. The van der Waals surface area contributed by atoms with E-state index >= 15 is 0 Å². The molecule has 2 aromatic carbocycles. The highest BCUT2D eigenvalue weighted by Crippen LogP contribution is 2.28. The Morgan fingerprint density at radius 2 is 1.80 bits per heavy atom. The average molecular weight is 429 g/mol. The van der Waals surface area contributed by atoms with E-state index in [1.54, 1.807) is 6.07 Å². The monoisotopic (exact) mass is 428 g/mol. The van der Waals surface area contributed by atoms with Crippen LogP contribution < -0.4 is 10.6 Å². The van der Waals surface area contributed by atoms with Crippen LogP contribution in [0.1, 0.15) is 75.7 Å². The van der Waals surface area contributed by atoms with Crippen LogP contribution in [0, 0.1) is 12.7 Å². The zero-order chi connectivity index (χ0) is 22.1. The largest absolute Gasteiger partial charge is 0.379 e. The number of dihydropyridines is 1.